The number of aliphatic carboxylic acids is 1. The van der Waals surface area contributed by atoms with Crippen LogP contribution < -0.4 is 0 Å². The first-order valence-corrected chi connectivity index (χ1v) is 8.16. The molecule has 0 aliphatic rings. The first-order valence-electron chi connectivity index (χ1n) is 6.55. The molecule has 3 aromatic rings. The van der Waals surface area contributed by atoms with Crippen LogP contribution in [0.15, 0.2) is 28.7 Å². The van der Waals surface area contributed by atoms with E-state index in [1.54, 1.807) is 11.3 Å². The van der Waals surface area contributed by atoms with Crippen LogP contribution >= 0.6 is 27.3 Å². The smallest absolute Gasteiger partial charge is 0.307 e. The lowest BCUT2D eigenvalue weighted by atomic mass is 10.0. The summed E-state index contributed by atoms with van der Waals surface area (Å²) in [6.45, 7) is 4.14. The molecule has 0 spiro atoms. The predicted molar refractivity (Wildman–Crippen MR) is 90.1 cm³/mol. The van der Waals surface area contributed by atoms with Crippen LogP contribution in [0.4, 0.5) is 0 Å². The molecule has 0 fully saturated rings. The minimum atomic E-state index is -0.818. The molecule has 1 aromatic carbocycles. The number of carbonyl (C=O) groups is 1. The van der Waals surface area contributed by atoms with Crippen molar-refractivity contribution in [2.24, 2.45) is 0 Å². The summed E-state index contributed by atoms with van der Waals surface area (Å²) >= 11 is 5.19. The molecule has 0 radical (unpaired) electrons. The third-order valence-electron chi connectivity index (χ3n) is 3.51. The van der Waals surface area contributed by atoms with Gasteiger partial charge in [0.2, 0.25) is 0 Å². The van der Waals surface area contributed by atoms with Gasteiger partial charge in [-0.25, -0.2) is 0 Å². The molecule has 0 amide bonds. The molecular weight excluding hydrogens is 350 g/mol. The maximum absolute atomic E-state index is 11.2. The van der Waals surface area contributed by atoms with Gasteiger partial charge in [0.05, 0.1) is 12.1 Å². The molecule has 0 bridgehead atoms. The van der Waals surface area contributed by atoms with E-state index in [1.807, 2.05) is 18.2 Å². The molecule has 108 valence electrons. The normalized spacial score (nSPS) is 11.2. The molecule has 0 saturated carbocycles. The number of hydrogen-bond donors (Lipinski definition) is 2. The first kappa shape index (κ1) is 14.4. The topological polar surface area (TPSA) is 53.1 Å². The van der Waals surface area contributed by atoms with Gasteiger partial charge < -0.3 is 10.1 Å². The Morgan fingerprint density at radius 2 is 2.10 bits per heavy atom. The highest BCUT2D eigenvalue weighted by atomic mass is 79.9. The van der Waals surface area contributed by atoms with Crippen molar-refractivity contribution in [3.05, 3.63) is 44.1 Å². The fourth-order valence-corrected chi connectivity index (χ4v) is 3.96. The number of carboxylic acids is 1. The average molecular weight is 364 g/mol. The van der Waals surface area contributed by atoms with E-state index in [0.29, 0.717) is 0 Å². The number of thiophene rings is 1. The van der Waals surface area contributed by atoms with Crippen molar-refractivity contribution in [3.8, 4) is 11.3 Å². The second-order valence-corrected chi connectivity index (χ2v) is 7.44. The van der Waals surface area contributed by atoms with Crippen molar-refractivity contribution >= 4 is 44.1 Å². The van der Waals surface area contributed by atoms with Gasteiger partial charge in [-0.15, -0.1) is 11.3 Å². The number of aryl methyl sites for hydroxylation is 2. The summed E-state index contributed by atoms with van der Waals surface area (Å²) < 4.78 is 0.949. The lowest BCUT2D eigenvalue weighted by Crippen LogP contribution is -2.01. The van der Waals surface area contributed by atoms with Crippen molar-refractivity contribution < 1.29 is 9.90 Å². The Hall–Kier alpha value is -1.59. The van der Waals surface area contributed by atoms with E-state index < -0.39 is 5.97 Å². The van der Waals surface area contributed by atoms with E-state index in [2.05, 4.69) is 40.8 Å². The number of carboxylic acid groups (broad SMARTS) is 1. The summed E-state index contributed by atoms with van der Waals surface area (Å²) in [6.07, 6.45) is 0.0140. The number of hydrogen-bond acceptors (Lipinski definition) is 2. The zero-order valence-corrected chi connectivity index (χ0v) is 14.1. The second kappa shape index (κ2) is 5.31. The van der Waals surface area contributed by atoms with Crippen LogP contribution in [0.5, 0.6) is 0 Å². The van der Waals surface area contributed by atoms with Crippen molar-refractivity contribution in [2.75, 3.05) is 0 Å². The van der Waals surface area contributed by atoms with Crippen molar-refractivity contribution in [2.45, 2.75) is 20.3 Å². The molecule has 2 N–H and O–H groups in total. The zero-order chi connectivity index (χ0) is 15.1. The fraction of sp³-hybridized carbons (Fsp3) is 0.188. The quantitative estimate of drug-likeness (QED) is 0.694. The molecule has 5 heteroatoms. The molecule has 2 heterocycles. The van der Waals surface area contributed by atoms with Crippen LogP contribution in [-0.4, -0.2) is 16.1 Å². The molecule has 0 unspecified atom stereocenters. The van der Waals surface area contributed by atoms with Crippen LogP contribution in [0.1, 0.15) is 15.3 Å². The van der Waals surface area contributed by atoms with Crippen LogP contribution in [0.25, 0.3) is 22.2 Å². The molecule has 3 nitrogen and oxygen atoms in total. The summed E-state index contributed by atoms with van der Waals surface area (Å²) in [5.41, 5.74) is 3.83. The van der Waals surface area contributed by atoms with Gasteiger partial charge in [-0.2, -0.15) is 0 Å². The minimum Gasteiger partial charge on any atom is -0.481 e. The van der Waals surface area contributed by atoms with E-state index in [0.717, 1.165) is 32.2 Å². The SMILES string of the molecule is Cc1cc(-c2[nH]c3ccc(Br)cc3c2CC(=O)O)c(C)s1. The van der Waals surface area contributed by atoms with Gasteiger partial charge in [-0.3, -0.25) is 4.79 Å². The highest BCUT2D eigenvalue weighted by Gasteiger charge is 2.18. The monoisotopic (exact) mass is 363 g/mol. The van der Waals surface area contributed by atoms with E-state index in [-0.39, 0.29) is 6.42 Å². The van der Waals surface area contributed by atoms with Crippen LogP contribution in [0, 0.1) is 13.8 Å². The highest BCUT2D eigenvalue weighted by Crippen LogP contribution is 2.37. The van der Waals surface area contributed by atoms with Crippen LogP contribution in [0.3, 0.4) is 0 Å². The number of rotatable bonds is 3. The van der Waals surface area contributed by atoms with Gasteiger partial charge in [-0.1, -0.05) is 15.9 Å². The van der Waals surface area contributed by atoms with E-state index in [9.17, 15) is 9.90 Å². The summed E-state index contributed by atoms with van der Waals surface area (Å²) in [7, 11) is 0. The van der Waals surface area contributed by atoms with Gasteiger partial charge in [0.1, 0.15) is 0 Å². The molecular formula is C16H14BrNO2S. The summed E-state index contributed by atoms with van der Waals surface area (Å²) in [5, 5.41) is 10.2. The fourth-order valence-electron chi connectivity index (χ4n) is 2.66. The van der Waals surface area contributed by atoms with Gasteiger partial charge in [0, 0.05) is 30.7 Å². The Labute approximate surface area is 134 Å². The van der Waals surface area contributed by atoms with Gasteiger partial charge >= 0.3 is 5.97 Å². The van der Waals surface area contributed by atoms with Gasteiger partial charge in [-0.05, 0) is 43.7 Å². The van der Waals surface area contributed by atoms with E-state index in [1.165, 1.54) is 9.75 Å². The molecule has 0 aliphatic carbocycles. The third kappa shape index (κ3) is 2.63. The lowest BCUT2D eigenvalue weighted by molar-refractivity contribution is -0.136. The number of H-pyrrole nitrogens is 1. The average Bonchev–Trinajstić information content (AvgIpc) is 2.90. The number of aromatic nitrogens is 1. The number of fused-ring (bicyclic) bond motifs is 1. The van der Waals surface area contributed by atoms with Crippen LogP contribution in [-0.2, 0) is 11.2 Å². The number of nitrogens with one attached hydrogen (secondary N) is 1. The second-order valence-electron chi connectivity index (χ2n) is 5.07. The molecule has 2 aromatic heterocycles. The van der Waals surface area contributed by atoms with E-state index in [4.69, 9.17) is 0 Å². The van der Waals surface area contributed by atoms with Gasteiger partial charge in [0.25, 0.3) is 0 Å². The molecule has 21 heavy (non-hydrogen) atoms. The third-order valence-corrected chi connectivity index (χ3v) is 4.97. The molecule has 0 aliphatic heterocycles. The number of aromatic amines is 1. The number of benzene rings is 1. The zero-order valence-electron chi connectivity index (χ0n) is 11.7. The summed E-state index contributed by atoms with van der Waals surface area (Å²) in [4.78, 5) is 17.1. The molecule has 3 rings (SSSR count). The Kier molecular flexibility index (Phi) is 3.63. The minimum absolute atomic E-state index is 0.0140. The van der Waals surface area contributed by atoms with Crippen molar-refractivity contribution in [3.63, 3.8) is 0 Å². The predicted octanol–water partition coefficient (Wildman–Crippen LogP) is 4.90. The maximum atomic E-state index is 11.2. The van der Waals surface area contributed by atoms with E-state index >= 15 is 0 Å². The highest BCUT2D eigenvalue weighted by molar-refractivity contribution is 9.10. The summed E-state index contributed by atoms with van der Waals surface area (Å²) in [5.74, 6) is -0.818. The van der Waals surface area contributed by atoms with Crippen molar-refractivity contribution in [1.29, 1.82) is 0 Å². The van der Waals surface area contributed by atoms with Crippen molar-refractivity contribution in [1.82, 2.24) is 4.98 Å². The Balaban J connectivity index is 2.30. The maximum Gasteiger partial charge on any atom is 0.307 e. The number of halogens is 1. The molecule has 0 atom stereocenters. The largest absolute Gasteiger partial charge is 0.481 e. The van der Waals surface area contributed by atoms with Crippen LogP contribution in [0.2, 0.25) is 0 Å². The van der Waals surface area contributed by atoms with Gasteiger partial charge in [0.15, 0.2) is 0 Å². The first-order chi connectivity index (χ1) is 9.95. The molecule has 0 saturated heterocycles. The Morgan fingerprint density at radius 3 is 2.71 bits per heavy atom. The lowest BCUT2D eigenvalue weighted by Gasteiger charge is -2.02. The standard InChI is InChI=1S/C16H14BrNO2S/c1-8-5-11(9(2)21-8)16-13(7-15(19)20)12-6-10(17)3-4-14(12)18-16/h3-6,18H,7H2,1-2H3,(H,19,20). The Morgan fingerprint density at radius 1 is 1.33 bits per heavy atom. The Bertz CT molecular complexity index is 847. The summed E-state index contributed by atoms with van der Waals surface area (Å²) in [6, 6.07) is 8.02.